The van der Waals surface area contributed by atoms with Crippen LogP contribution in [-0.4, -0.2) is 26.2 Å². The van der Waals surface area contributed by atoms with E-state index in [-0.39, 0.29) is 0 Å². The third kappa shape index (κ3) is 1.86. The third-order valence-corrected chi connectivity index (χ3v) is 2.77. The zero-order chi connectivity index (χ0) is 9.97. The Morgan fingerprint density at radius 3 is 3.14 bits per heavy atom. The lowest BCUT2D eigenvalue weighted by molar-refractivity contribution is 0.308. The van der Waals surface area contributed by atoms with Crippen molar-refractivity contribution in [3.05, 3.63) is 22.7 Å². The minimum atomic E-state index is 0.676. The highest BCUT2D eigenvalue weighted by molar-refractivity contribution is 9.10. The van der Waals surface area contributed by atoms with Gasteiger partial charge >= 0.3 is 0 Å². The number of hydrogen-bond donors (Lipinski definition) is 1. The summed E-state index contributed by atoms with van der Waals surface area (Å²) in [5.74, 6) is 0.944. The van der Waals surface area contributed by atoms with E-state index in [1.807, 2.05) is 12.1 Å². The summed E-state index contributed by atoms with van der Waals surface area (Å²) in [6.45, 7) is 3.22. The molecule has 0 amide bonds. The molecule has 0 aliphatic carbocycles. The zero-order valence-electron chi connectivity index (χ0n) is 7.87. The molecule has 0 spiro atoms. The molecule has 0 unspecified atom stereocenters. The van der Waals surface area contributed by atoms with E-state index in [4.69, 9.17) is 10.5 Å². The number of nitrogens with two attached hydrogens (primary N) is 1. The van der Waals surface area contributed by atoms with Gasteiger partial charge in [-0.2, -0.15) is 0 Å². The second kappa shape index (κ2) is 4.19. The molecule has 3 nitrogen and oxygen atoms in total. The molecule has 2 N–H and O–H groups in total. The van der Waals surface area contributed by atoms with Crippen molar-refractivity contribution in [3.63, 3.8) is 0 Å². The zero-order valence-corrected chi connectivity index (χ0v) is 9.46. The van der Waals surface area contributed by atoms with Gasteiger partial charge in [-0.1, -0.05) is 15.9 Å². The monoisotopic (exact) mass is 256 g/mol. The Balaban J connectivity index is 2.30. The summed E-state index contributed by atoms with van der Waals surface area (Å²) in [4.78, 5) is 2.26. The largest absolute Gasteiger partial charge is 0.490 e. The molecule has 1 aromatic carbocycles. The molecule has 0 fully saturated rings. The molecular weight excluding hydrogens is 244 g/mol. The molecule has 0 saturated carbocycles. The van der Waals surface area contributed by atoms with E-state index in [0.717, 1.165) is 35.6 Å². The predicted molar refractivity (Wildman–Crippen MR) is 60.9 cm³/mol. The van der Waals surface area contributed by atoms with Crippen molar-refractivity contribution >= 4 is 21.6 Å². The Morgan fingerprint density at radius 2 is 2.36 bits per heavy atom. The number of ether oxygens (including phenoxy) is 1. The van der Waals surface area contributed by atoms with Crippen LogP contribution in [0, 0.1) is 0 Å². The van der Waals surface area contributed by atoms with Crippen LogP contribution in [0.3, 0.4) is 0 Å². The molecule has 1 aliphatic rings. The molecule has 14 heavy (non-hydrogen) atoms. The van der Waals surface area contributed by atoms with Crippen molar-refractivity contribution in [2.75, 3.05) is 31.1 Å². The molecule has 1 heterocycles. The van der Waals surface area contributed by atoms with E-state index >= 15 is 0 Å². The molecular formula is C10H13BrN2O. The van der Waals surface area contributed by atoms with Gasteiger partial charge in [-0.3, -0.25) is 0 Å². The van der Waals surface area contributed by atoms with Gasteiger partial charge in [0.05, 0.1) is 12.2 Å². The topological polar surface area (TPSA) is 38.5 Å². The maximum absolute atomic E-state index is 5.57. The van der Waals surface area contributed by atoms with E-state index in [0.29, 0.717) is 6.54 Å². The number of halogens is 1. The lowest BCUT2D eigenvalue weighted by atomic mass is 10.2. The second-order valence-corrected chi connectivity index (χ2v) is 4.15. The van der Waals surface area contributed by atoms with Crippen molar-refractivity contribution in [1.29, 1.82) is 0 Å². The number of hydrogen-bond acceptors (Lipinski definition) is 3. The smallest absolute Gasteiger partial charge is 0.143 e. The maximum Gasteiger partial charge on any atom is 0.143 e. The molecule has 0 radical (unpaired) electrons. The van der Waals surface area contributed by atoms with Gasteiger partial charge in [0.1, 0.15) is 12.4 Å². The van der Waals surface area contributed by atoms with Gasteiger partial charge in [-0.15, -0.1) is 0 Å². The van der Waals surface area contributed by atoms with Crippen LogP contribution in [0.2, 0.25) is 0 Å². The minimum absolute atomic E-state index is 0.676. The van der Waals surface area contributed by atoms with Gasteiger partial charge in [-0.25, -0.2) is 0 Å². The summed E-state index contributed by atoms with van der Waals surface area (Å²) < 4.78 is 6.62. The van der Waals surface area contributed by atoms with Crippen LogP contribution >= 0.6 is 15.9 Å². The first kappa shape index (κ1) is 9.80. The quantitative estimate of drug-likeness (QED) is 0.874. The Kier molecular flexibility index (Phi) is 2.93. The van der Waals surface area contributed by atoms with E-state index in [9.17, 15) is 0 Å². The number of rotatable bonds is 2. The molecule has 0 atom stereocenters. The van der Waals surface area contributed by atoms with Gasteiger partial charge in [0.25, 0.3) is 0 Å². The van der Waals surface area contributed by atoms with Crippen molar-refractivity contribution in [3.8, 4) is 5.75 Å². The summed E-state index contributed by atoms with van der Waals surface area (Å²) in [6.07, 6.45) is 0. The number of anilines is 1. The van der Waals surface area contributed by atoms with Crippen LogP contribution in [0.1, 0.15) is 0 Å². The van der Waals surface area contributed by atoms with Crippen molar-refractivity contribution < 1.29 is 4.74 Å². The van der Waals surface area contributed by atoms with Crippen molar-refractivity contribution in [2.45, 2.75) is 0 Å². The second-order valence-electron chi connectivity index (χ2n) is 3.24. The van der Waals surface area contributed by atoms with Crippen LogP contribution in [0.5, 0.6) is 5.75 Å². The first-order valence-electron chi connectivity index (χ1n) is 4.68. The van der Waals surface area contributed by atoms with Crippen LogP contribution in [-0.2, 0) is 0 Å². The summed E-state index contributed by atoms with van der Waals surface area (Å²) in [5, 5.41) is 0. The summed E-state index contributed by atoms with van der Waals surface area (Å²) >= 11 is 3.43. The van der Waals surface area contributed by atoms with Crippen LogP contribution < -0.4 is 15.4 Å². The van der Waals surface area contributed by atoms with Crippen LogP contribution in [0.4, 0.5) is 5.69 Å². The maximum atomic E-state index is 5.57. The highest BCUT2D eigenvalue weighted by Gasteiger charge is 2.16. The first-order chi connectivity index (χ1) is 6.81. The van der Waals surface area contributed by atoms with Crippen LogP contribution in [0.25, 0.3) is 0 Å². The lowest BCUT2D eigenvalue weighted by Gasteiger charge is -2.30. The first-order valence-corrected chi connectivity index (χ1v) is 5.48. The van der Waals surface area contributed by atoms with Crippen LogP contribution in [0.15, 0.2) is 22.7 Å². The van der Waals surface area contributed by atoms with Gasteiger partial charge < -0.3 is 15.4 Å². The van der Waals surface area contributed by atoms with E-state index in [1.165, 1.54) is 0 Å². The Labute approximate surface area is 92.0 Å². The van der Waals surface area contributed by atoms with Crippen molar-refractivity contribution in [1.82, 2.24) is 0 Å². The summed E-state index contributed by atoms with van der Waals surface area (Å²) in [7, 11) is 0. The Morgan fingerprint density at radius 1 is 1.50 bits per heavy atom. The SMILES string of the molecule is NCCN1CCOc2cc(Br)ccc21. The predicted octanol–water partition coefficient (Wildman–Crippen LogP) is 1.61. The highest BCUT2D eigenvalue weighted by atomic mass is 79.9. The molecule has 1 aromatic rings. The van der Waals surface area contributed by atoms with Gasteiger partial charge in [0.15, 0.2) is 0 Å². The molecule has 76 valence electrons. The molecule has 1 aliphatic heterocycles. The van der Waals surface area contributed by atoms with Gasteiger partial charge in [0, 0.05) is 17.6 Å². The number of nitrogens with zero attached hydrogens (tertiary/aromatic N) is 1. The Bertz CT molecular complexity index is 330. The number of fused-ring (bicyclic) bond motifs is 1. The fourth-order valence-corrected chi connectivity index (χ4v) is 1.98. The van der Waals surface area contributed by atoms with E-state index in [1.54, 1.807) is 0 Å². The molecule has 4 heteroatoms. The minimum Gasteiger partial charge on any atom is -0.490 e. The highest BCUT2D eigenvalue weighted by Crippen LogP contribution is 2.33. The molecule has 0 saturated heterocycles. The summed E-state index contributed by atoms with van der Waals surface area (Å²) in [5.41, 5.74) is 6.70. The molecule has 0 aromatic heterocycles. The molecule has 0 bridgehead atoms. The van der Waals surface area contributed by atoms with Crippen molar-refractivity contribution in [2.24, 2.45) is 5.73 Å². The van der Waals surface area contributed by atoms with Gasteiger partial charge in [0.2, 0.25) is 0 Å². The average Bonchev–Trinajstić information content (AvgIpc) is 2.18. The normalized spacial score (nSPS) is 14.9. The van der Waals surface area contributed by atoms with E-state index < -0.39 is 0 Å². The fourth-order valence-electron chi connectivity index (χ4n) is 1.64. The molecule has 2 rings (SSSR count). The summed E-state index contributed by atoms with van der Waals surface area (Å²) in [6, 6.07) is 6.09. The van der Waals surface area contributed by atoms with E-state index in [2.05, 4.69) is 26.9 Å². The standard InChI is InChI=1S/C10H13BrN2O/c11-8-1-2-9-10(7-8)14-6-5-13(9)4-3-12/h1-2,7H,3-6,12H2. The fraction of sp³-hybridized carbons (Fsp3) is 0.400. The third-order valence-electron chi connectivity index (χ3n) is 2.28. The lowest BCUT2D eigenvalue weighted by Crippen LogP contribution is -2.36. The number of benzene rings is 1. The average molecular weight is 257 g/mol. The van der Waals surface area contributed by atoms with Gasteiger partial charge in [-0.05, 0) is 18.2 Å². The Hall–Kier alpha value is -0.740.